The number of rotatable bonds is 9. The van der Waals surface area contributed by atoms with Crippen LogP contribution in [0, 0.1) is 0 Å². The van der Waals surface area contributed by atoms with Gasteiger partial charge in [-0.3, -0.25) is 0 Å². The van der Waals surface area contributed by atoms with Crippen LogP contribution in [0.2, 0.25) is 0 Å². The molecule has 0 saturated carbocycles. The van der Waals surface area contributed by atoms with Gasteiger partial charge in [-0.1, -0.05) is 54.6 Å². The molecule has 0 heterocycles. The van der Waals surface area contributed by atoms with Crippen molar-refractivity contribution in [3.8, 4) is 11.5 Å². The van der Waals surface area contributed by atoms with E-state index in [2.05, 4.69) is 41.7 Å². The molecule has 0 bridgehead atoms. The van der Waals surface area contributed by atoms with E-state index in [1.54, 1.807) is 0 Å². The average Bonchev–Trinajstić information content (AvgIpc) is 2.69. The van der Waals surface area contributed by atoms with Crippen LogP contribution in [0.1, 0.15) is 18.1 Å². The molecule has 1 N–H and O–H groups in total. The van der Waals surface area contributed by atoms with Crippen LogP contribution in [0.4, 0.5) is 5.69 Å². The second-order valence-corrected chi connectivity index (χ2v) is 6.01. The van der Waals surface area contributed by atoms with Gasteiger partial charge in [0.15, 0.2) is 0 Å². The summed E-state index contributed by atoms with van der Waals surface area (Å²) in [7, 11) is 0. The molecule has 0 amide bonds. The third-order valence-electron chi connectivity index (χ3n) is 4.07. The highest BCUT2D eigenvalue weighted by molar-refractivity contribution is 5.56. The quantitative estimate of drug-likeness (QED) is 0.568. The van der Waals surface area contributed by atoms with E-state index in [-0.39, 0.29) is 0 Å². The summed E-state index contributed by atoms with van der Waals surface area (Å²) >= 11 is 0. The summed E-state index contributed by atoms with van der Waals surface area (Å²) in [6.45, 7) is 4.05. The smallest absolute Gasteiger partial charge is 0.142 e. The zero-order chi connectivity index (χ0) is 18.0. The van der Waals surface area contributed by atoms with Gasteiger partial charge in [-0.05, 0) is 42.3 Å². The van der Waals surface area contributed by atoms with E-state index in [4.69, 9.17) is 9.47 Å². The van der Waals surface area contributed by atoms with E-state index < -0.39 is 0 Å². The summed E-state index contributed by atoms with van der Waals surface area (Å²) in [4.78, 5) is 0. The predicted molar refractivity (Wildman–Crippen MR) is 107 cm³/mol. The third-order valence-corrected chi connectivity index (χ3v) is 4.07. The highest BCUT2D eigenvalue weighted by Gasteiger charge is 2.03. The summed E-state index contributed by atoms with van der Waals surface area (Å²) in [6.07, 6.45) is 0.908. The molecule has 3 heteroatoms. The molecule has 0 aromatic heterocycles. The van der Waals surface area contributed by atoms with Gasteiger partial charge in [0.2, 0.25) is 0 Å². The topological polar surface area (TPSA) is 30.5 Å². The maximum atomic E-state index is 5.91. The van der Waals surface area contributed by atoms with Gasteiger partial charge in [-0.15, -0.1) is 0 Å². The van der Waals surface area contributed by atoms with E-state index in [0.717, 1.165) is 30.2 Å². The van der Waals surface area contributed by atoms with Crippen LogP contribution < -0.4 is 14.8 Å². The molecule has 3 rings (SSSR count). The van der Waals surface area contributed by atoms with Crippen LogP contribution in [0.3, 0.4) is 0 Å². The van der Waals surface area contributed by atoms with E-state index >= 15 is 0 Å². The van der Waals surface area contributed by atoms with Crippen LogP contribution >= 0.6 is 0 Å². The lowest BCUT2D eigenvalue weighted by Crippen LogP contribution is -2.04. The molecular weight excluding hydrogens is 322 g/mol. The molecule has 0 saturated heterocycles. The highest BCUT2D eigenvalue weighted by Crippen LogP contribution is 2.24. The van der Waals surface area contributed by atoms with E-state index in [0.29, 0.717) is 13.2 Å². The first kappa shape index (κ1) is 17.9. The van der Waals surface area contributed by atoms with E-state index in [1.807, 2.05) is 49.4 Å². The molecule has 0 unspecified atom stereocenters. The van der Waals surface area contributed by atoms with Crippen molar-refractivity contribution in [2.45, 2.75) is 19.9 Å². The van der Waals surface area contributed by atoms with Crippen LogP contribution in [0.15, 0.2) is 78.9 Å². The van der Waals surface area contributed by atoms with Crippen LogP contribution in [-0.2, 0) is 13.0 Å². The number of benzene rings is 3. The Bertz CT molecular complexity index is 802. The van der Waals surface area contributed by atoms with Crippen molar-refractivity contribution in [1.29, 1.82) is 0 Å². The molecule has 3 aromatic carbocycles. The lowest BCUT2D eigenvalue weighted by molar-refractivity contribution is 0.321. The van der Waals surface area contributed by atoms with Gasteiger partial charge in [0.1, 0.15) is 11.5 Å². The fourth-order valence-electron chi connectivity index (χ4n) is 2.77. The third kappa shape index (κ3) is 5.28. The molecule has 0 aliphatic carbocycles. The standard InChI is InChI=1S/C23H25NO2/c1-2-25-23-14-7-6-13-22(23)24-18-20-11-8-12-21(17-20)26-16-15-19-9-4-3-5-10-19/h3-14,17,24H,2,15-16,18H2,1H3. The Balaban J connectivity index is 1.54. The Kier molecular flexibility index (Phi) is 6.54. The lowest BCUT2D eigenvalue weighted by atomic mass is 10.2. The van der Waals surface area contributed by atoms with Crippen molar-refractivity contribution in [2.75, 3.05) is 18.5 Å². The number of anilines is 1. The zero-order valence-corrected chi connectivity index (χ0v) is 15.2. The van der Waals surface area contributed by atoms with Gasteiger partial charge in [0.05, 0.1) is 18.9 Å². The Hall–Kier alpha value is -2.94. The predicted octanol–water partition coefficient (Wildman–Crippen LogP) is 5.32. The molecule has 0 aliphatic heterocycles. The van der Waals surface area contributed by atoms with Gasteiger partial charge in [0, 0.05) is 13.0 Å². The molecule has 134 valence electrons. The summed E-state index contributed by atoms with van der Waals surface area (Å²) in [5.74, 6) is 1.78. The van der Waals surface area contributed by atoms with Crippen LogP contribution in [0.25, 0.3) is 0 Å². The molecular formula is C23H25NO2. The highest BCUT2D eigenvalue weighted by atomic mass is 16.5. The maximum Gasteiger partial charge on any atom is 0.142 e. The van der Waals surface area contributed by atoms with E-state index in [9.17, 15) is 0 Å². The van der Waals surface area contributed by atoms with Crippen molar-refractivity contribution in [3.63, 3.8) is 0 Å². The zero-order valence-electron chi connectivity index (χ0n) is 15.2. The molecule has 3 nitrogen and oxygen atoms in total. The normalized spacial score (nSPS) is 10.3. The molecule has 26 heavy (non-hydrogen) atoms. The number of hydrogen-bond acceptors (Lipinski definition) is 3. The largest absolute Gasteiger partial charge is 0.493 e. The van der Waals surface area contributed by atoms with Gasteiger partial charge < -0.3 is 14.8 Å². The summed E-state index contributed by atoms with van der Waals surface area (Å²) in [5.41, 5.74) is 3.47. The molecule has 0 atom stereocenters. The molecule has 0 spiro atoms. The Labute approximate surface area is 155 Å². The monoisotopic (exact) mass is 347 g/mol. The van der Waals surface area contributed by atoms with Gasteiger partial charge in [-0.25, -0.2) is 0 Å². The van der Waals surface area contributed by atoms with E-state index in [1.165, 1.54) is 11.1 Å². The fourth-order valence-corrected chi connectivity index (χ4v) is 2.77. The number of para-hydroxylation sites is 2. The summed E-state index contributed by atoms with van der Waals surface area (Å²) < 4.78 is 11.6. The number of ether oxygens (including phenoxy) is 2. The van der Waals surface area contributed by atoms with Crippen molar-refractivity contribution in [3.05, 3.63) is 90.0 Å². The second-order valence-electron chi connectivity index (χ2n) is 6.01. The molecule has 3 aromatic rings. The minimum Gasteiger partial charge on any atom is -0.493 e. The SMILES string of the molecule is CCOc1ccccc1NCc1cccc(OCCc2ccccc2)c1. The first-order valence-electron chi connectivity index (χ1n) is 9.06. The first-order chi connectivity index (χ1) is 12.8. The average molecular weight is 347 g/mol. The molecule has 0 fully saturated rings. The molecule has 0 radical (unpaired) electrons. The van der Waals surface area contributed by atoms with Crippen molar-refractivity contribution in [1.82, 2.24) is 0 Å². The maximum absolute atomic E-state index is 5.91. The lowest BCUT2D eigenvalue weighted by Gasteiger charge is -2.13. The molecule has 0 aliphatic rings. The van der Waals surface area contributed by atoms with Crippen molar-refractivity contribution < 1.29 is 9.47 Å². The minimum absolute atomic E-state index is 0.656. The van der Waals surface area contributed by atoms with Gasteiger partial charge in [0.25, 0.3) is 0 Å². The van der Waals surface area contributed by atoms with Crippen LogP contribution in [0.5, 0.6) is 11.5 Å². The van der Waals surface area contributed by atoms with Crippen molar-refractivity contribution >= 4 is 5.69 Å². The number of nitrogens with one attached hydrogen (secondary N) is 1. The number of hydrogen-bond donors (Lipinski definition) is 1. The fraction of sp³-hybridized carbons (Fsp3) is 0.217. The second kappa shape index (κ2) is 9.52. The Morgan fingerprint density at radius 1 is 0.769 bits per heavy atom. The first-order valence-corrected chi connectivity index (χ1v) is 9.06. The van der Waals surface area contributed by atoms with Gasteiger partial charge >= 0.3 is 0 Å². The van der Waals surface area contributed by atoms with Crippen molar-refractivity contribution in [2.24, 2.45) is 0 Å². The van der Waals surface area contributed by atoms with Crippen LogP contribution in [-0.4, -0.2) is 13.2 Å². The van der Waals surface area contributed by atoms with Gasteiger partial charge in [-0.2, -0.15) is 0 Å². The minimum atomic E-state index is 0.656. The summed E-state index contributed by atoms with van der Waals surface area (Å²) in [6, 6.07) is 26.6. The summed E-state index contributed by atoms with van der Waals surface area (Å²) in [5, 5.41) is 3.44. The Morgan fingerprint density at radius 2 is 1.54 bits per heavy atom. The Morgan fingerprint density at radius 3 is 2.38 bits per heavy atom.